The van der Waals surface area contributed by atoms with Crippen LogP contribution in [0, 0.1) is 5.92 Å². The molecule has 1 aliphatic rings. The summed E-state index contributed by atoms with van der Waals surface area (Å²) in [4.78, 5) is 13.9. The fourth-order valence-corrected chi connectivity index (χ4v) is 3.33. The van der Waals surface area contributed by atoms with Gasteiger partial charge in [0.15, 0.2) is 0 Å². The number of carbonyl (C=O) groups excluding carboxylic acids is 1. The minimum atomic E-state index is 0.244. The van der Waals surface area contributed by atoms with Crippen molar-refractivity contribution in [3.8, 4) is 0 Å². The zero-order valence-corrected chi connectivity index (χ0v) is 11.1. The highest BCUT2D eigenvalue weighted by atomic mass is 32.2. The molecule has 1 aliphatic heterocycles. The molecule has 1 fully saturated rings. The Kier molecular flexibility index (Phi) is 4.49. The first-order chi connectivity index (χ1) is 8.27. The van der Waals surface area contributed by atoms with Gasteiger partial charge in [-0.25, -0.2) is 0 Å². The Bertz CT molecular complexity index is 360. The SMILES string of the molecule is CN(C(=O)CC1CCSCC1)c1ccccc1. The minimum Gasteiger partial charge on any atom is -0.315 e. The molecule has 0 bridgehead atoms. The Labute approximate surface area is 107 Å². The summed E-state index contributed by atoms with van der Waals surface area (Å²) in [6.07, 6.45) is 3.09. The number of rotatable bonds is 3. The molecule has 92 valence electrons. The van der Waals surface area contributed by atoms with E-state index in [1.54, 1.807) is 4.90 Å². The van der Waals surface area contributed by atoms with E-state index >= 15 is 0 Å². The van der Waals surface area contributed by atoms with E-state index in [0.717, 1.165) is 5.69 Å². The van der Waals surface area contributed by atoms with Crippen LogP contribution in [0.2, 0.25) is 0 Å². The zero-order valence-electron chi connectivity index (χ0n) is 10.3. The second kappa shape index (κ2) is 6.10. The van der Waals surface area contributed by atoms with Crippen molar-refractivity contribution in [3.63, 3.8) is 0 Å². The van der Waals surface area contributed by atoms with Gasteiger partial charge >= 0.3 is 0 Å². The highest BCUT2D eigenvalue weighted by Crippen LogP contribution is 2.26. The van der Waals surface area contributed by atoms with Crippen molar-refractivity contribution in [3.05, 3.63) is 30.3 Å². The van der Waals surface area contributed by atoms with Crippen LogP contribution in [0.4, 0.5) is 5.69 Å². The molecule has 1 saturated heterocycles. The van der Waals surface area contributed by atoms with Crippen LogP contribution in [0.25, 0.3) is 0 Å². The Morgan fingerprint density at radius 3 is 2.59 bits per heavy atom. The summed E-state index contributed by atoms with van der Waals surface area (Å²) in [7, 11) is 1.87. The largest absolute Gasteiger partial charge is 0.315 e. The van der Waals surface area contributed by atoms with Gasteiger partial charge in [-0.1, -0.05) is 18.2 Å². The third-order valence-corrected chi connectivity index (χ3v) is 4.37. The van der Waals surface area contributed by atoms with Crippen molar-refractivity contribution < 1.29 is 4.79 Å². The van der Waals surface area contributed by atoms with Crippen LogP contribution < -0.4 is 4.90 Å². The molecule has 17 heavy (non-hydrogen) atoms. The summed E-state index contributed by atoms with van der Waals surface area (Å²) in [5.74, 6) is 3.27. The lowest BCUT2D eigenvalue weighted by molar-refractivity contribution is -0.119. The van der Waals surface area contributed by atoms with E-state index in [1.165, 1.54) is 24.3 Å². The lowest BCUT2D eigenvalue weighted by Crippen LogP contribution is -2.29. The third kappa shape index (κ3) is 3.50. The smallest absolute Gasteiger partial charge is 0.226 e. The monoisotopic (exact) mass is 249 g/mol. The third-order valence-electron chi connectivity index (χ3n) is 3.32. The fraction of sp³-hybridized carbons (Fsp3) is 0.500. The average molecular weight is 249 g/mol. The first-order valence-electron chi connectivity index (χ1n) is 6.16. The normalized spacial score (nSPS) is 16.8. The number of hydrogen-bond donors (Lipinski definition) is 0. The van der Waals surface area contributed by atoms with Crippen LogP contribution in [0.3, 0.4) is 0 Å². The highest BCUT2D eigenvalue weighted by molar-refractivity contribution is 7.99. The molecule has 1 aromatic carbocycles. The molecule has 0 unspecified atom stereocenters. The summed E-state index contributed by atoms with van der Waals surface area (Å²) >= 11 is 2.01. The van der Waals surface area contributed by atoms with E-state index in [-0.39, 0.29) is 5.91 Å². The van der Waals surface area contributed by atoms with Crippen molar-refractivity contribution in [1.82, 2.24) is 0 Å². The Morgan fingerprint density at radius 2 is 1.94 bits per heavy atom. The number of thioether (sulfide) groups is 1. The lowest BCUT2D eigenvalue weighted by atomic mass is 9.98. The van der Waals surface area contributed by atoms with E-state index in [9.17, 15) is 4.79 Å². The zero-order chi connectivity index (χ0) is 12.1. The first kappa shape index (κ1) is 12.5. The summed E-state index contributed by atoms with van der Waals surface area (Å²) in [6, 6.07) is 9.87. The molecule has 0 atom stereocenters. The Morgan fingerprint density at radius 1 is 1.29 bits per heavy atom. The van der Waals surface area contributed by atoms with Gasteiger partial charge < -0.3 is 4.90 Å². The molecular weight excluding hydrogens is 230 g/mol. The molecule has 1 aromatic rings. The van der Waals surface area contributed by atoms with Gasteiger partial charge in [0.1, 0.15) is 0 Å². The molecule has 0 aromatic heterocycles. The molecular formula is C14H19NOS. The summed E-state index contributed by atoms with van der Waals surface area (Å²) in [5, 5.41) is 0. The van der Waals surface area contributed by atoms with Gasteiger partial charge in [0.2, 0.25) is 5.91 Å². The van der Waals surface area contributed by atoms with Crippen LogP contribution in [0.1, 0.15) is 19.3 Å². The molecule has 2 nitrogen and oxygen atoms in total. The molecule has 0 spiro atoms. The maximum atomic E-state index is 12.1. The lowest BCUT2D eigenvalue weighted by Gasteiger charge is -2.24. The van der Waals surface area contributed by atoms with Gasteiger partial charge in [-0.2, -0.15) is 11.8 Å². The fourth-order valence-electron chi connectivity index (χ4n) is 2.13. The first-order valence-corrected chi connectivity index (χ1v) is 7.32. The molecule has 0 radical (unpaired) electrons. The van der Waals surface area contributed by atoms with Gasteiger partial charge in [0.25, 0.3) is 0 Å². The van der Waals surface area contributed by atoms with E-state index in [1.807, 2.05) is 49.1 Å². The Balaban J connectivity index is 1.91. The quantitative estimate of drug-likeness (QED) is 0.820. The van der Waals surface area contributed by atoms with Crippen molar-refractivity contribution in [2.75, 3.05) is 23.5 Å². The standard InChI is InChI=1S/C14H19NOS/c1-15(13-5-3-2-4-6-13)14(16)11-12-7-9-17-10-8-12/h2-6,12H,7-11H2,1H3. The van der Waals surface area contributed by atoms with Crippen LogP contribution in [0.5, 0.6) is 0 Å². The van der Waals surface area contributed by atoms with Crippen LogP contribution in [-0.4, -0.2) is 24.5 Å². The molecule has 0 saturated carbocycles. The topological polar surface area (TPSA) is 20.3 Å². The molecule has 2 rings (SSSR count). The predicted octanol–water partition coefficient (Wildman–Crippen LogP) is 3.18. The molecule has 1 amide bonds. The molecule has 3 heteroatoms. The van der Waals surface area contributed by atoms with Crippen LogP contribution in [0.15, 0.2) is 30.3 Å². The maximum absolute atomic E-state index is 12.1. The van der Waals surface area contributed by atoms with Gasteiger partial charge in [0.05, 0.1) is 0 Å². The summed E-state index contributed by atoms with van der Waals surface area (Å²) < 4.78 is 0. The van der Waals surface area contributed by atoms with Crippen molar-refractivity contribution >= 4 is 23.4 Å². The van der Waals surface area contributed by atoms with Gasteiger partial charge in [-0.05, 0) is 42.4 Å². The van der Waals surface area contributed by atoms with Crippen molar-refractivity contribution in [2.24, 2.45) is 5.92 Å². The predicted molar refractivity (Wildman–Crippen MR) is 74.5 cm³/mol. The van der Waals surface area contributed by atoms with Gasteiger partial charge in [0, 0.05) is 19.2 Å². The van der Waals surface area contributed by atoms with Crippen molar-refractivity contribution in [2.45, 2.75) is 19.3 Å². The van der Waals surface area contributed by atoms with Crippen LogP contribution >= 0.6 is 11.8 Å². The second-order valence-electron chi connectivity index (χ2n) is 4.55. The number of carbonyl (C=O) groups is 1. The summed E-state index contributed by atoms with van der Waals surface area (Å²) in [5.41, 5.74) is 0.989. The number of para-hydroxylation sites is 1. The maximum Gasteiger partial charge on any atom is 0.226 e. The van der Waals surface area contributed by atoms with Gasteiger partial charge in [-0.3, -0.25) is 4.79 Å². The number of anilines is 1. The van der Waals surface area contributed by atoms with Crippen molar-refractivity contribution in [1.29, 1.82) is 0 Å². The molecule has 0 aliphatic carbocycles. The van der Waals surface area contributed by atoms with E-state index < -0.39 is 0 Å². The van der Waals surface area contributed by atoms with E-state index in [2.05, 4.69) is 0 Å². The van der Waals surface area contributed by atoms with E-state index in [0.29, 0.717) is 12.3 Å². The number of amides is 1. The number of nitrogens with zero attached hydrogens (tertiary/aromatic N) is 1. The minimum absolute atomic E-state index is 0.244. The number of hydrogen-bond acceptors (Lipinski definition) is 2. The molecule has 1 heterocycles. The molecule has 0 N–H and O–H groups in total. The highest BCUT2D eigenvalue weighted by Gasteiger charge is 2.19. The summed E-state index contributed by atoms with van der Waals surface area (Å²) in [6.45, 7) is 0. The van der Waals surface area contributed by atoms with E-state index in [4.69, 9.17) is 0 Å². The Hall–Kier alpha value is -0.960. The second-order valence-corrected chi connectivity index (χ2v) is 5.77. The number of benzene rings is 1. The van der Waals surface area contributed by atoms with Crippen LogP contribution in [-0.2, 0) is 4.79 Å². The average Bonchev–Trinajstić information content (AvgIpc) is 2.40. The van der Waals surface area contributed by atoms with Gasteiger partial charge in [-0.15, -0.1) is 0 Å².